The molecule has 0 saturated carbocycles. The molecule has 6 rings (SSSR count). The molecule has 2 aromatic heterocycles. The number of imidazole rings is 1. The number of methoxy groups -OCH3 is 1. The SMILES string of the molecule is COc1ccc(-n2c(C(=O)NCc3ccccc3)c3n(c2=O)CCN(c2ncnc4cc(Cl)ccc24)C3)cc1. The molecule has 3 aromatic carbocycles. The van der Waals surface area contributed by atoms with Crippen molar-refractivity contribution in [1.29, 1.82) is 0 Å². The second kappa shape index (κ2) is 10.3. The average molecular weight is 541 g/mol. The van der Waals surface area contributed by atoms with E-state index in [-0.39, 0.29) is 11.6 Å². The maximum absolute atomic E-state index is 13.7. The summed E-state index contributed by atoms with van der Waals surface area (Å²) in [5, 5.41) is 4.45. The van der Waals surface area contributed by atoms with E-state index in [4.69, 9.17) is 16.3 Å². The van der Waals surface area contributed by atoms with Crippen molar-refractivity contribution in [3.8, 4) is 11.4 Å². The lowest BCUT2D eigenvalue weighted by Gasteiger charge is -2.29. The Morgan fingerprint density at radius 3 is 2.59 bits per heavy atom. The van der Waals surface area contributed by atoms with Gasteiger partial charge in [0.15, 0.2) is 0 Å². The molecule has 1 N–H and O–H groups in total. The van der Waals surface area contributed by atoms with Crippen molar-refractivity contribution < 1.29 is 9.53 Å². The van der Waals surface area contributed by atoms with Crippen LogP contribution in [0.15, 0.2) is 83.9 Å². The number of rotatable bonds is 6. The summed E-state index contributed by atoms with van der Waals surface area (Å²) >= 11 is 6.18. The van der Waals surface area contributed by atoms with Crippen molar-refractivity contribution in [2.45, 2.75) is 19.6 Å². The molecule has 1 amide bonds. The van der Waals surface area contributed by atoms with Crippen molar-refractivity contribution >= 4 is 34.2 Å². The number of benzene rings is 3. The smallest absolute Gasteiger partial charge is 0.333 e. The summed E-state index contributed by atoms with van der Waals surface area (Å²) in [6.45, 7) is 1.60. The number of nitrogens with one attached hydrogen (secondary N) is 1. The van der Waals surface area contributed by atoms with Crippen molar-refractivity contribution in [2.24, 2.45) is 0 Å². The predicted octanol–water partition coefficient (Wildman–Crippen LogP) is 4.19. The fourth-order valence-electron chi connectivity index (χ4n) is 4.97. The van der Waals surface area contributed by atoms with Crippen LogP contribution in [-0.2, 0) is 19.6 Å². The molecule has 1 aliphatic heterocycles. The molecular formula is C29H25ClN6O3. The van der Waals surface area contributed by atoms with Gasteiger partial charge in [-0.2, -0.15) is 0 Å². The summed E-state index contributed by atoms with van der Waals surface area (Å²) in [6.07, 6.45) is 1.51. The molecule has 0 atom stereocenters. The summed E-state index contributed by atoms with van der Waals surface area (Å²) in [5.41, 5.74) is 2.93. The minimum Gasteiger partial charge on any atom is -0.497 e. The molecule has 0 unspecified atom stereocenters. The Morgan fingerprint density at radius 1 is 1.03 bits per heavy atom. The number of hydrogen-bond donors (Lipinski definition) is 1. The van der Waals surface area contributed by atoms with Gasteiger partial charge in [0, 0.05) is 30.0 Å². The van der Waals surface area contributed by atoms with Crippen LogP contribution in [0.1, 0.15) is 21.7 Å². The third-order valence-corrected chi connectivity index (χ3v) is 7.13. The first-order chi connectivity index (χ1) is 19.0. The molecule has 10 heteroatoms. The summed E-state index contributed by atoms with van der Waals surface area (Å²) in [4.78, 5) is 38.4. The molecule has 0 bridgehead atoms. The van der Waals surface area contributed by atoms with E-state index in [1.54, 1.807) is 48.1 Å². The van der Waals surface area contributed by atoms with Crippen LogP contribution in [0.4, 0.5) is 5.82 Å². The average Bonchev–Trinajstić information content (AvgIpc) is 3.27. The zero-order chi connectivity index (χ0) is 26.9. The number of fused-ring (bicyclic) bond motifs is 2. The van der Waals surface area contributed by atoms with Crippen LogP contribution in [-0.4, -0.2) is 38.7 Å². The molecule has 0 fully saturated rings. The Kier molecular flexibility index (Phi) is 6.50. The highest BCUT2D eigenvalue weighted by molar-refractivity contribution is 6.31. The molecule has 5 aromatic rings. The van der Waals surface area contributed by atoms with E-state index in [9.17, 15) is 9.59 Å². The van der Waals surface area contributed by atoms with Gasteiger partial charge >= 0.3 is 5.69 Å². The minimum atomic E-state index is -0.332. The Hall–Kier alpha value is -4.63. The lowest BCUT2D eigenvalue weighted by molar-refractivity contribution is 0.0942. The maximum atomic E-state index is 13.7. The number of anilines is 1. The summed E-state index contributed by atoms with van der Waals surface area (Å²) < 4.78 is 8.45. The van der Waals surface area contributed by atoms with Crippen LogP contribution < -0.4 is 20.6 Å². The van der Waals surface area contributed by atoms with Gasteiger partial charge in [0.05, 0.1) is 30.6 Å². The van der Waals surface area contributed by atoms with Crippen LogP contribution in [0, 0.1) is 0 Å². The zero-order valence-electron chi connectivity index (χ0n) is 21.2. The van der Waals surface area contributed by atoms with Gasteiger partial charge < -0.3 is 15.0 Å². The Labute approximate surface area is 229 Å². The number of carbonyl (C=O) groups is 1. The molecule has 0 aliphatic carbocycles. The molecule has 0 saturated heterocycles. The first kappa shape index (κ1) is 24.7. The number of ether oxygens (including phenoxy) is 1. The standard InChI is InChI=1S/C29H25ClN6O3/c1-39-22-10-8-21(9-11-22)36-26(28(37)31-16-19-5-3-2-4-6-19)25-17-34(13-14-35(25)29(36)38)27-23-12-7-20(30)15-24(23)32-18-33-27/h2-12,15,18H,13-14,16-17H2,1H3,(H,31,37). The lowest BCUT2D eigenvalue weighted by Crippen LogP contribution is -2.38. The fraction of sp³-hybridized carbons (Fsp3) is 0.172. The van der Waals surface area contributed by atoms with Crippen molar-refractivity contribution in [3.63, 3.8) is 0 Å². The molecule has 39 heavy (non-hydrogen) atoms. The molecule has 9 nitrogen and oxygen atoms in total. The maximum Gasteiger partial charge on any atom is 0.333 e. The zero-order valence-corrected chi connectivity index (χ0v) is 21.9. The normalized spacial score (nSPS) is 12.8. The molecule has 3 heterocycles. The lowest BCUT2D eigenvalue weighted by atomic mass is 10.1. The molecular weight excluding hydrogens is 516 g/mol. The monoisotopic (exact) mass is 540 g/mol. The van der Waals surface area contributed by atoms with E-state index in [2.05, 4.69) is 20.2 Å². The van der Waals surface area contributed by atoms with Gasteiger partial charge in [-0.1, -0.05) is 41.9 Å². The summed E-state index contributed by atoms with van der Waals surface area (Å²) in [7, 11) is 1.58. The Bertz CT molecular complexity index is 1730. The first-order valence-corrected chi connectivity index (χ1v) is 12.9. The Morgan fingerprint density at radius 2 is 1.82 bits per heavy atom. The van der Waals surface area contributed by atoms with E-state index in [1.165, 1.54) is 10.9 Å². The third-order valence-electron chi connectivity index (χ3n) is 6.90. The van der Waals surface area contributed by atoms with E-state index in [0.29, 0.717) is 54.0 Å². The fourth-order valence-corrected chi connectivity index (χ4v) is 5.14. The predicted molar refractivity (Wildman–Crippen MR) is 150 cm³/mol. The van der Waals surface area contributed by atoms with E-state index >= 15 is 0 Å². The molecule has 0 spiro atoms. The van der Waals surface area contributed by atoms with Gasteiger partial charge in [0.1, 0.15) is 23.6 Å². The highest BCUT2D eigenvalue weighted by atomic mass is 35.5. The van der Waals surface area contributed by atoms with Crippen molar-refractivity contribution in [3.05, 3.63) is 112 Å². The largest absolute Gasteiger partial charge is 0.497 e. The van der Waals surface area contributed by atoms with E-state index in [1.807, 2.05) is 36.4 Å². The number of halogens is 1. The van der Waals surface area contributed by atoms with Gasteiger partial charge in [-0.15, -0.1) is 0 Å². The first-order valence-electron chi connectivity index (χ1n) is 12.5. The van der Waals surface area contributed by atoms with E-state index < -0.39 is 0 Å². The van der Waals surface area contributed by atoms with Gasteiger partial charge in [0.2, 0.25) is 0 Å². The second-order valence-corrected chi connectivity index (χ2v) is 9.65. The van der Waals surface area contributed by atoms with Crippen LogP contribution >= 0.6 is 11.6 Å². The number of carbonyl (C=O) groups excluding carboxylic acids is 1. The van der Waals surface area contributed by atoms with Gasteiger partial charge in [-0.25, -0.2) is 14.8 Å². The Balaban J connectivity index is 1.43. The highest BCUT2D eigenvalue weighted by Crippen LogP contribution is 2.29. The van der Waals surface area contributed by atoms with E-state index in [0.717, 1.165) is 22.3 Å². The number of hydrogen-bond acceptors (Lipinski definition) is 6. The van der Waals surface area contributed by atoms with Crippen LogP contribution in [0.2, 0.25) is 5.02 Å². The number of amides is 1. The number of nitrogens with zero attached hydrogens (tertiary/aromatic N) is 5. The van der Waals surface area contributed by atoms with Crippen molar-refractivity contribution in [1.82, 2.24) is 24.4 Å². The summed E-state index contributed by atoms with van der Waals surface area (Å²) in [5.74, 6) is 1.05. The van der Waals surface area contributed by atoms with Gasteiger partial charge in [0.25, 0.3) is 5.91 Å². The van der Waals surface area contributed by atoms with Crippen LogP contribution in [0.5, 0.6) is 5.75 Å². The quantitative estimate of drug-likeness (QED) is 0.347. The molecule has 1 aliphatic rings. The van der Waals surface area contributed by atoms with Crippen LogP contribution in [0.25, 0.3) is 16.6 Å². The topological polar surface area (TPSA) is 94.3 Å². The summed E-state index contributed by atoms with van der Waals surface area (Å²) in [6, 6.07) is 22.3. The van der Waals surface area contributed by atoms with Crippen LogP contribution in [0.3, 0.4) is 0 Å². The van der Waals surface area contributed by atoms with Crippen molar-refractivity contribution in [2.75, 3.05) is 18.6 Å². The molecule has 196 valence electrons. The highest BCUT2D eigenvalue weighted by Gasteiger charge is 2.31. The molecule has 0 radical (unpaired) electrons. The second-order valence-electron chi connectivity index (χ2n) is 9.21. The minimum absolute atomic E-state index is 0.265. The van der Waals surface area contributed by atoms with Gasteiger partial charge in [-0.05, 0) is 48.0 Å². The number of aromatic nitrogens is 4. The third kappa shape index (κ3) is 4.61. The van der Waals surface area contributed by atoms with Gasteiger partial charge in [-0.3, -0.25) is 13.9 Å².